The van der Waals surface area contributed by atoms with Crippen molar-refractivity contribution in [3.8, 4) is 0 Å². The van der Waals surface area contributed by atoms with Crippen LogP contribution < -0.4 is 10.6 Å². The fraction of sp³-hybridized carbons (Fsp3) is 0.760. The molecule has 0 aromatic carbocycles. The molecule has 3 amide bonds. The number of esters is 1. The number of carbonyl (C=O) groups is 4. The number of hydrogen-bond acceptors (Lipinski definition) is 7. The number of rotatable bonds is 12. The second-order valence-corrected chi connectivity index (χ2v) is 10.3. The van der Waals surface area contributed by atoms with Gasteiger partial charge in [-0.2, -0.15) is 0 Å². The molecule has 0 unspecified atom stereocenters. The molecular weight excluding hydrogens is 454 g/mol. The van der Waals surface area contributed by atoms with Crippen LogP contribution in [0.3, 0.4) is 0 Å². The van der Waals surface area contributed by atoms with Crippen LogP contribution >= 0.6 is 0 Å². The summed E-state index contributed by atoms with van der Waals surface area (Å²) in [6, 6.07) is -1.86. The standard InChI is InChI=1S/C25H41N3O7/c1-6-8-9-10-11-12-18(26-23(33)35-24(3,4)5)21(31)28-16-17(29)15-19(28)20(30)27-25(13-14-25)22(32)34-7-2/h6,17-19,29H,1,7-16H2,2-5H3,(H,26,33)(H,27,30)/t17-,18+,19+/m1/s1. The van der Waals surface area contributed by atoms with E-state index in [1.807, 2.05) is 6.08 Å². The van der Waals surface area contributed by atoms with Crippen molar-refractivity contribution >= 4 is 23.9 Å². The molecule has 1 saturated carbocycles. The number of nitrogens with one attached hydrogen (secondary N) is 2. The molecule has 2 rings (SSSR count). The molecule has 1 aliphatic carbocycles. The van der Waals surface area contributed by atoms with Crippen LogP contribution in [0.2, 0.25) is 0 Å². The molecule has 2 aliphatic rings. The van der Waals surface area contributed by atoms with Gasteiger partial charge in [-0.3, -0.25) is 9.59 Å². The molecule has 1 aliphatic heterocycles. The van der Waals surface area contributed by atoms with E-state index in [9.17, 15) is 24.3 Å². The van der Waals surface area contributed by atoms with Gasteiger partial charge in [0, 0.05) is 13.0 Å². The highest BCUT2D eigenvalue weighted by Gasteiger charge is 2.54. The van der Waals surface area contributed by atoms with E-state index < -0.39 is 53.2 Å². The summed E-state index contributed by atoms with van der Waals surface area (Å²) in [5, 5.41) is 15.7. The van der Waals surface area contributed by atoms with Gasteiger partial charge in [0.15, 0.2) is 0 Å². The lowest BCUT2D eigenvalue weighted by molar-refractivity contribution is -0.149. The minimum Gasteiger partial charge on any atom is -0.464 e. The van der Waals surface area contributed by atoms with Gasteiger partial charge in [-0.1, -0.05) is 18.9 Å². The predicted molar refractivity (Wildman–Crippen MR) is 129 cm³/mol. The molecule has 10 nitrogen and oxygen atoms in total. The van der Waals surface area contributed by atoms with Crippen molar-refractivity contribution in [2.75, 3.05) is 13.2 Å². The van der Waals surface area contributed by atoms with E-state index in [2.05, 4.69) is 17.2 Å². The Balaban J connectivity index is 2.11. The van der Waals surface area contributed by atoms with Crippen LogP contribution in [0.15, 0.2) is 12.7 Å². The Morgan fingerprint density at radius 3 is 2.46 bits per heavy atom. The molecule has 0 bridgehead atoms. The second kappa shape index (κ2) is 12.4. The molecule has 198 valence electrons. The summed E-state index contributed by atoms with van der Waals surface area (Å²) >= 11 is 0. The van der Waals surface area contributed by atoms with Crippen molar-refractivity contribution in [2.45, 2.75) is 108 Å². The molecule has 35 heavy (non-hydrogen) atoms. The molecule has 0 radical (unpaired) electrons. The molecule has 3 atom stereocenters. The van der Waals surface area contributed by atoms with Crippen LogP contribution in [0.25, 0.3) is 0 Å². The number of alkyl carbamates (subject to hydrolysis) is 1. The zero-order chi connectivity index (χ0) is 26.2. The normalized spacial score (nSPS) is 21.6. The number of hydrogen-bond donors (Lipinski definition) is 3. The Morgan fingerprint density at radius 2 is 1.89 bits per heavy atom. The first-order valence-corrected chi connectivity index (χ1v) is 12.5. The molecule has 3 N–H and O–H groups in total. The summed E-state index contributed by atoms with van der Waals surface area (Å²) in [5.74, 6) is -1.46. The second-order valence-electron chi connectivity index (χ2n) is 10.3. The number of aliphatic hydroxyl groups is 1. The van der Waals surface area contributed by atoms with Crippen LogP contribution in [0.4, 0.5) is 4.79 Å². The van der Waals surface area contributed by atoms with E-state index in [4.69, 9.17) is 9.47 Å². The van der Waals surface area contributed by atoms with Crippen molar-refractivity contribution in [1.82, 2.24) is 15.5 Å². The maximum Gasteiger partial charge on any atom is 0.408 e. The van der Waals surface area contributed by atoms with Crippen molar-refractivity contribution in [2.24, 2.45) is 0 Å². The minimum absolute atomic E-state index is 0.0354. The first kappa shape index (κ1) is 28.6. The molecule has 0 aromatic heterocycles. The average molecular weight is 496 g/mol. The average Bonchev–Trinajstić information content (AvgIpc) is 3.43. The van der Waals surface area contributed by atoms with Crippen LogP contribution in [0, 0.1) is 0 Å². The highest BCUT2D eigenvalue weighted by Crippen LogP contribution is 2.37. The van der Waals surface area contributed by atoms with E-state index >= 15 is 0 Å². The Morgan fingerprint density at radius 1 is 1.20 bits per heavy atom. The number of amides is 3. The number of ether oxygens (including phenoxy) is 2. The highest BCUT2D eigenvalue weighted by atomic mass is 16.6. The molecule has 1 heterocycles. The van der Waals surface area contributed by atoms with Crippen molar-refractivity contribution in [3.63, 3.8) is 0 Å². The van der Waals surface area contributed by atoms with Crippen molar-refractivity contribution in [1.29, 1.82) is 0 Å². The van der Waals surface area contributed by atoms with Crippen LogP contribution in [0.5, 0.6) is 0 Å². The summed E-state index contributed by atoms with van der Waals surface area (Å²) in [7, 11) is 0. The molecule has 1 saturated heterocycles. The Bertz CT molecular complexity index is 788. The van der Waals surface area contributed by atoms with Gasteiger partial charge in [0.25, 0.3) is 0 Å². The Labute approximate surface area is 207 Å². The fourth-order valence-electron chi connectivity index (χ4n) is 4.12. The zero-order valence-electron chi connectivity index (χ0n) is 21.4. The van der Waals surface area contributed by atoms with E-state index in [0.29, 0.717) is 25.7 Å². The quantitative estimate of drug-likeness (QED) is 0.215. The number of carbonyl (C=O) groups excluding carboxylic acids is 4. The summed E-state index contributed by atoms with van der Waals surface area (Å²) in [4.78, 5) is 52.6. The molecule has 0 spiro atoms. The summed E-state index contributed by atoms with van der Waals surface area (Å²) in [6.45, 7) is 10.8. The topological polar surface area (TPSA) is 134 Å². The third-order valence-electron chi connectivity index (χ3n) is 6.03. The maximum atomic E-state index is 13.5. The summed E-state index contributed by atoms with van der Waals surface area (Å²) in [5.41, 5.74) is -1.80. The third-order valence-corrected chi connectivity index (χ3v) is 6.03. The monoisotopic (exact) mass is 495 g/mol. The van der Waals surface area contributed by atoms with E-state index in [1.165, 1.54) is 4.90 Å². The molecule has 10 heteroatoms. The summed E-state index contributed by atoms with van der Waals surface area (Å²) < 4.78 is 10.4. The van der Waals surface area contributed by atoms with Gasteiger partial charge in [-0.05, 0) is 59.8 Å². The molecular formula is C25H41N3O7. The lowest BCUT2D eigenvalue weighted by atomic mass is 10.0. The molecule has 2 fully saturated rings. The van der Waals surface area contributed by atoms with Gasteiger partial charge < -0.3 is 30.1 Å². The van der Waals surface area contributed by atoms with Gasteiger partial charge in [0.05, 0.1) is 12.7 Å². The largest absolute Gasteiger partial charge is 0.464 e. The number of allylic oxidation sites excluding steroid dienone is 1. The fourth-order valence-corrected chi connectivity index (χ4v) is 4.12. The highest BCUT2D eigenvalue weighted by molar-refractivity contribution is 5.96. The minimum atomic E-state index is -1.06. The maximum absolute atomic E-state index is 13.5. The van der Waals surface area contributed by atoms with Crippen LogP contribution in [-0.2, 0) is 23.9 Å². The number of likely N-dealkylation sites (tertiary alicyclic amines) is 1. The van der Waals surface area contributed by atoms with Crippen LogP contribution in [-0.4, -0.2) is 76.4 Å². The lowest BCUT2D eigenvalue weighted by Gasteiger charge is -2.30. The van der Waals surface area contributed by atoms with Gasteiger partial charge in [-0.25, -0.2) is 9.59 Å². The van der Waals surface area contributed by atoms with Crippen LogP contribution in [0.1, 0.15) is 79.1 Å². The predicted octanol–water partition coefficient (Wildman–Crippen LogP) is 2.19. The van der Waals surface area contributed by atoms with E-state index in [-0.39, 0.29) is 19.6 Å². The van der Waals surface area contributed by atoms with Gasteiger partial charge in [0.2, 0.25) is 11.8 Å². The smallest absolute Gasteiger partial charge is 0.408 e. The van der Waals surface area contributed by atoms with E-state index in [0.717, 1.165) is 19.3 Å². The number of unbranched alkanes of at least 4 members (excludes halogenated alkanes) is 3. The van der Waals surface area contributed by atoms with Crippen molar-refractivity contribution in [3.05, 3.63) is 12.7 Å². The first-order valence-electron chi connectivity index (χ1n) is 12.5. The lowest BCUT2D eigenvalue weighted by Crippen LogP contribution is -2.56. The first-order chi connectivity index (χ1) is 16.4. The van der Waals surface area contributed by atoms with Gasteiger partial charge in [-0.15, -0.1) is 6.58 Å². The SMILES string of the molecule is C=CCCCCC[C@H](NC(=O)OC(C)(C)C)C(=O)N1C[C@H](O)C[C@H]1C(=O)NC1(C(=O)OCC)CC1. The molecule has 0 aromatic rings. The number of nitrogens with zero attached hydrogens (tertiary/aromatic N) is 1. The van der Waals surface area contributed by atoms with Crippen molar-refractivity contribution < 1.29 is 33.8 Å². The third kappa shape index (κ3) is 8.52. The van der Waals surface area contributed by atoms with Gasteiger partial charge in [0.1, 0.15) is 23.2 Å². The van der Waals surface area contributed by atoms with Gasteiger partial charge >= 0.3 is 12.1 Å². The summed E-state index contributed by atoms with van der Waals surface area (Å²) in [6.07, 6.45) is 4.88. The Hall–Kier alpha value is -2.62. The van der Waals surface area contributed by atoms with E-state index in [1.54, 1.807) is 27.7 Å². The zero-order valence-corrected chi connectivity index (χ0v) is 21.4. The number of aliphatic hydroxyl groups excluding tert-OH is 1. The Kier molecular flexibility index (Phi) is 10.1. The number of β-amino-alcohol motifs (C(OH)–C–C–N with tert-alkyl or cyclic N) is 1.